The summed E-state index contributed by atoms with van der Waals surface area (Å²) in [7, 11) is 0. The highest BCUT2D eigenvalue weighted by Gasteiger charge is 2.58. The summed E-state index contributed by atoms with van der Waals surface area (Å²) in [6.07, 6.45) is 1.04. The standard InChI is InChI=1S/C25H24ClN3O4/c1-2-33-24(32)25(21-16(11-13-27-25)15-7-4-6-10-20(15)28-21)18-12-14-29(23(18)31)22(30)17-8-3-5-9-19(17)26/h3-10,18,27-28H,2,11-14H2,1H3/t18-,25+/m0/s1. The van der Waals surface area contributed by atoms with Gasteiger partial charge in [-0.3, -0.25) is 19.8 Å². The van der Waals surface area contributed by atoms with Crippen molar-refractivity contribution in [1.82, 2.24) is 15.2 Å². The molecule has 0 aliphatic carbocycles. The summed E-state index contributed by atoms with van der Waals surface area (Å²) in [5.41, 5.74) is 1.42. The summed E-state index contributed by atoms with van der Waals surface area (Å²) < 4.78 is 5.50. The van der Waals surface area contributed by atoms with E-state index < -0.39 is 29.2 Å². The third-order valence-corrected chi connectivity index (χ3v) is 6.99. The van der Waals surface area contributed by atoms with E-state index in [9.17, 15) is 14.4 Å². The third kappa shape index (κ3) is 3.26. The Morgan fingerprint density at radius 2 is 1.94 bits per heavy atom. The average molecular weight is 466 g/mol. The summed E-state index contributed by atoms with van der Waals surface area (Å²) in [6.45, 7) is 2.63. The van der Waals surface area contributed by atoms with E-state index in [0.29, 0.717) is 25.1 Å². The Kier molecular flexibility index (Phi) is 5.46. The first-order valence-electron chi connectivity index (χ1n) is 11.1. The molecule has 2 amide bonds. The number of esters is 1. The van der Waals surface area contributed by atoms with E-state index in [0.717, 1.165) is 16.5 Å². The number of imide groups is 1. The molecule has 2 N–H and O–H groups in total. The second kappa shape index (κ2) is 8.32. The lowest BCUT2D eigenvalue weighted by Gasteiger charge is -2.39. The van der Waals surface area contributed by atoms with Crippen molar-refractivity contribution in [3.05, 3.63) is 70.4 Å². The zero-order valence-corrected chi connectivity index (χ0v) is 18.9. The molecule has 3 aromatic rings. The number of para-hydroxylation sites is 1. The van der Waals surface area contributed by atoms with Crippen LogP contribution in [0.15, 0.2) is 48.5 Å². The monoisotopic (exact) mass is 465 g/mol. The van der Waals surface area contributed by atoms with Crippen LogP contribution in [0.5, 0.6) is 0 Å². The number of halogens is 1. The molecule has 1 aromatic heterocycles. The number of hydrogen-bond acceptors (Lipinski definition) is 5. The van der Waals surface area contributed by atoms with Gasteiger partial charge in [0.05, 0.1) is 28.8 Å². The van der Waals surface area contributed by atoms with Gasteiger partial charge in [0.2, 0.25) is 5.91 Å². The fourth-order valence-electron chi connectivity index (χ4n) is 5.19. The first-order valence-corrected chi connectivity index (χ1v) is 11.5. The van der Waals surface area contributed by atoms with Crippen molar-refractivity contribution in [3.63, 3.8) is 0 Å². The molecular formula is C25H24ClN3O4. The van der Waals surface area contributed by atoms with Gasteiger partial charge >= 0.3 is 5.97 Å². The zero-order chi connectivity index (χ0) is 23.2. The van der Waals surface area contributed by atoms with Gasteiger partial charge in [0.25, 0.3) is 5.91 Å². The van der Waals surface area contributed by atoms with Crippen LogP contribution >= 0.6 is 11.6 Å². The van der Waals surface area contributed by atoms with Gasteiger partial charge in [-0.15, -0.1) is 0 Å². The number of nitrogens with one attached hydrogen (secondary N) is 2. The van der Waals surface area contributed by atoms with Gasteiger partial charge in [-0.05, 0) is 43.5 Å². The Bertz CT molecular complexity index is 1270. The van der Waals surface area contributed by atoms with Crippen LogP contribution in [0.2, 0.25) is 5.02 Å². The highest BCUT2D eigenvalue weighted by atomic mass is 35.5. The average Bonchev–Trinajstić information content (AvgIpc) is 3.40. The molecule has 2 aliphatic rings. The minimum absolute atomic E-state index is 0.182. The Labute approximate surface area is 196 Å². The molecule has 0 spiro atoms. The maximum absolute atomic E-state index is 13.7. The van der Waals surface area contributed by atoms with Gasteiger partial charge in [0, 0.05) is 24.0 Å². The number of carbonyl (C=O) groups is 3. The number of aromatic amines is 1. The van der Waals surface area contributed by atoms with E-state index in [-0.39, 0.29) is 23.7 Å². The number of aromatic nitrogens is 1. The molecule has 0 radical (unpaired) electrons. The van der Waals surface area contributed by atoms with Crippen LogP contribution in [0, 0.1) is 5.92 Å². The van der Waals surface area contributed by atoms with Crippen molar-refractivity contribution in [2.75, 3.05) is 19.7 Å². The Morgan fingerprint density at radius 1 is 1.18 bits per heavy atom. The molecule has 2 aromatic carbocycles. The fraction of sp³-hybridized carbons (Fsp3) is 0.320. The summed E-state index contributed by atoms with van der Waals surface area (Å²) in [5, 5.41) is 4.64. The number of hydrogen-bond donors (Lipinski definition) is 2. The molecule has 0 bridgehead atoms. The maximum atomic E-state index is 13.7. The van der Waals surface area contributed by atoms with Gasteiger partial charge in [-0.25, -0.2) is 4.79 Å². The van der Waals surface area contributed by atoms with Gasteiger partial charge in [-0.1, -0.05) is 41.9 Å². The van der Waals surface area contributed by atoms with Crippen LogP contribution in [0.1, 0.15) is 35.0 Å². The van der Waals surface area contributed by atoms with Crippen LogP contribution in [0.25, 0.3) is 10.9 Å². The minimum Gasteiger partial charge on any atom is -0.464 e. The molecule has 33 heavy (non-hydrogen) atoms. The highest BCUT2D eigenvalue weighted by molar-refractivity contribution is 6.34. The predicted molar refractivity (Wildman–Crippen MR) is 124 cm³/mol. The SMILES string of the molecule is CCOC(=O)[C@]1([C@H]2CCN(C(=O)c3ccccc3Cl)C2=O)NCCc2c1[nH]c1ccccc21. The van der Waals surface area contributed by atoms with Crippen molar-refractivity contribution < 1.29 is 19.1 Å². The van der Waals surface area contributed by atoms with Gasteiger partial charge in [-0.2, -0.15) is 0 Å². The smallest absolute Gasteiger partial charge is 0.333 e. The number of fused-ring (bicyclic) bond motifs is 3. The second-order valence-electron chi connectivity index (χ2n) is 8.35. The lowest BCUT2D eigenvalue weighted by molar-refractivity contribution is -0.158. The quantitative estimate of drug-likeness (QED) is 0.455. The van der Waals surface area contributed by atoms with Crippen molar-refractivity contribution in [1.29, 1.82) is 0 Å². The number of benzene rings is 2. The molecule has 170 valence electrons. The van der Waals surface area contributed by atoms with Crippen LogP contribution in [0.3, 0.4) is 0 Å². The first kappa shape index (κ1) is 21.7. The maximum Gasteiger partial charge on any atom is 0.333 e. The molecule has 0 saturated carbocycles. The second-order valence-corrected chi connectivity index (χ2v) is 8.75. The molecular weight excluding hydrogens is 442 g/mol. The summed E-state index contributed by atoms with van der Waals surface area (Å²) in [5.74, 6) is -2.18. The molecule has 1 saturated heterocycles. The van der Waals surface area contributed by atoms with E-state index in [1.165, 1.54) is 4.90 Å². The Balaban J connectivity index is 1.60. The van der Waals surface area contributed by atoms with Crippen LogP contribution in [-0.4, -0.2) is 47.4 Å². The van der Waals surface area contributed by atoms with E-state index in [1.807, 2.05) is 24.3 Å². The van der Waals surface area contributed by atoms with E-state index >= 15 is 0 Å². The fourth-order valence-corrected chi connectivity index (χ4v) is 5.41. The number of rotatable bonds is 4. The molecule has 0 unspecified atom stereocenters. The Hall–Kier alpha value is -3.16. The number of amides is 2. The zero-order valence-electron chi connectivity index (χ0n) is 18.2. The van der Waals surface area contributed by atoms with Gasteiger partial charge < -0.3 is 9.72 Å². The lowest BCUT2D eigenvalue weighted by atomic mass is 9.75. The van der Waals surface area contributed by atoms with E-state index in [1.54, 1.807) is 31.2 Å². The van der Waals surface area contributed by atoms with Gasteiger partial charge in [0.15, 0.2) is 5.54 Å². The van der Waals surface area contributed by atoms with Gasteiger partial charge in [0.1, 0.15) is 0 Å². The van der Waals surface area contributed by atoms with Crippen molar-refractivity contribution in [3.8, 4) is 0 Å². The topological polar surface area (TPSA) is 91.5 Å². The third-order valence-electron chi connectivity index (χ3n) is 6.66. The highest BCUT2D eigenvalue weighted by Crippen LogP contribution is 2.43. The largest absolute Gasteiger partial charge is 0.464 e. The first-order chi connectivity index (χ1) is 16.0. The predicted octanol–water partition coefficient (Wildman–Crippen LogP) is 3.41. The number of ether oxygens (including phenoxy) is 1. The summed E-state index contributed by atoms with van der Waals surface area (Å²) in [4.78, 5) is 44.9. The molecule has 5 rings (SSSR count). The molecule has 2 aliphatic heterocycles. The lowest BCUT2D eigenvalue weighted by Crippen LogP contribution is -2.60. The van der Waals surface area contributed by atoms with Crippen molar-refractivity contribution in [2.24, 2.45) is 5.92 Å². The van der Waals surface area contributed by atoms with Crippen molar-refractivity contribution in [2.45, 2.75) is 25.3 Å². The molecule has 3 heterocycles. The number of likely N-dealkylation sites (tertiary alicyclic amines) is 1. The minimum atomic E-state index is -1.39. The molecule has 2 atom stereocenters. The number of carbonyl (C=O) groups excluding carboxylic acids is 3. The van der Waals surface area contributed by atoms with Crippen molar-refractivity contribution >= 4 is 40.3 Å². The molecule has 8 heteroatoms. The number of H-pyrrole nitrogens is 1. The van der Waals surface area contributed by atoms with E-state index in [4.69, 9.17) is 16.3 Å². The van der Waals surface area contributed by atoms with Crippen LogP contribution in [-0.2, 0) is 26.3 Å². The van der Waals surface area contributed by atoms with E-state index in [2.05, 4.69) is 10.3 Å². The number of nitrogens with zero attached hydrogens (tertiary/aromatic N) is 1. The molecule has 7 nitrogen and oxygen atoms in total. The summed E-state index contributed by atoms with van der Waals surface area (Å²) in [6, 6.07) is 14.5. The molecule has 1 fully saturated rings. The van der Waals surface area contributed by atoms with Crippen LogP contribution < -0.4 is 5.32 Å². The summed E-state index contributed by atoms with van der Waals surface area (Å²) >= 11 is 6.21. The normalized spacial score (nSPS) is 22.4. The Morgan fingerprint density at radius 3 is 2.73 bits per heavy atom. The van der Waals surface area contributed by atoms with Crippen LogP contribution in [0.4, 0.5) is 0 Å².